The third-order valence-corrected chi connectivity index (χ3v) is 3.56. The lowest BCUT2D eigenvalue weighted by atomic mass is 9.75. The molecule has 1 nitrogen and oxygen atoms in total. The van der Waals surface area contributed by atoms with Gasteiger partial charge in [0.1, 0.15) is 0 Å². The maximum absolute atomic E-state index is 4.07. The van der Waals surface area contributed by atoms with Crippen LogP contribution < -0.4 is 5.32 Å². The highest BCUT2D eigenvalue weighted by atomic mass is 14.9. The van der Waals surface area contributed by atoms with Crippen LogP contribution in [0.15, 0.2) is 35.7 Å². The van der Waals surface area contributed by atoms with E-state index in [1.165, 1.54) is 11.3 Å². The molecule has 1 aliphatic carbocycles. The van der Waals surface area contributed by atoms with Crippen LogP contribution in [0.3, 0.4) is 0 Å². The van der Waals surface area contributed by atoms with Gasteiger partial charge in [0, 0.05) is 11.4 Å². The summed E-state index contributed by atoms with van der Waals surface area (Å²) in [4.78, 5) is 0. The minimum atomic E-state index is 0.346. The summed E-state index contributed by atoms with van der Waals surface area (Å²) in [5.41, 5.74) is 4.03. The molecule has 0 aliphatic heterocycles. The molecule has 0 radical (unpaired) electrons. The van der Waals surface area contributed by atoms with Gasteiger partial charge in [-0.3, -0.25) is 0 Å². The molecule has 0 saturated carbocycles. The molecule has 1 N–H and O–H groups in total. The van der Waals surface area contributed by atoms with Crippen molar-refractivity contribution in [2.24, 2.45) is 17.3 Å². The van der Waals surface area contributed by atoms with Gasteiger partial charge in [-0.25, -0.2) is 0 Å². The van der Waals surface area contributed by atoms with Crippen molar-refractivity contribution in [1.29, 1.82) is 0 Å². The van der Waals surface area contributed by atoms with E-state index in [0.29, 0.717) is 17.3 Å². The van der Waals surface area contributed by atoms with Crippen molar-refractivity contribution in [2.45, 2.75) is 48.0 Å². The highest BCUT2D eigenvalue weighted by Gasteiger charge is 2.24. The maximum atomic E-state index is 4.07. The summed E-state index contributed by atoms with van der Waals surface area (Å²) in [7, 11) is 0. The minimum Gasteiger partial charge on any atom is -0.359 e. The average Bonchev–Trinajstić information content (AvgIpc) is 2.19. The third kappa shape index (κ3) is 3.76. The Morgan fingerprint density at radius 3 is 2.41 bits per heavy atom. The Morgan fingerprint density at radius 1 is 1.41 bits per heavy atom. The van der Waals surface area contributed by atoms with Crippen LogP contribution in [0.1, 0.15) is 48.0 Å². The van der Waals surface area contributed by atoms with Gasteiger partial charge in [0.05, 0.1) is 0 Å². The Balaban J connectivity index is 2.73. The fourth-order valence-corrected chi connectivity index (χ4v) is 1.94. The molecule has 0 heterocycles. The lowest BCUT2D eigenvalue weighted by Gasteiger charge is -2.31. The average molecular weight is 233 g/mol. The van der Waals surface area contributed by atoms with E-state index < -0.39 is 0 Å². The summed E-state index contributed by atoms with van der Waals surface area (Å²) in [6.45, 7) is 17.5. The normalized spacial score (nSPS) is 21.0. The standard InChI is InChI=1S/C16H27N/c1-11(2)13(4)17-15-9-8-14(10-12(15)3)16(5,6)7/h9-11,14,17H,4,8H2,1-3,5-7H3. The van der Waals surface area contributed by atoms with Crippen LogP contribution in [-0.4, -0.2) is 0 Å². The zero-order valence-electron chi connectivity index (χ0n) is 12.2. The zero-order chi connectivity index (χ0) is 13.2. The molecule has 1 heteroatoms. The van der Waals surface area contributed by atoms with Crippen molar-refractivity contribution in [2.75, 3.05) is 0 Å². The largest absolute Gasteiger partial charge is 0.359 e. The molecule has 0 aromatic rings. The molecule has 1 aliphatic rings. The van der Waals surface area contributed by atoms with E-state index in [9.17, 15) is 0 Å². The fraction of sp³-hybridized carbons (Fsp3) is 0.625. The van der Waals surface area contributed by atoms with E-state index in [2.05, 4.69) is 65.6 Å². The molecule has 1 rings (SSSR count). The minimum absolute atomic E-state index is 0.346. The first-order chi connectivity index (χ1) is 7.71. The molecule has 1 unspecified atom stereocenters. The quantitative estimate of drug-likeness (QED) is 0.748. The number of hydrogen-bond donors (Lipinski definition) is 1. The maximum Gasteiger partial charge on any atom is 0.0368 e. The molecule has 0 bridgehead atoms. The molecule has 0 saturated heterocycles. The summed E-state index contributed by atoms with van der Waals surface area (Å²) in [6, 6.07) is 0. The van der Waals surface area contributed by atoms with E-state index in [1.54, 1.807) is 0 Å². The van der Waals surface area contributed by atoms with Crippen molar-refractivity contribution < 1.29 is 0 Å². The summed E-state index contributed by atoms with van der Waals surface area (Å²) in [5, 5.41) is 3.44. The van der Waals surface area contributed by atoms with Crippen LogP contribution in [-0.2, 0) is 0 Å². The number of nitrogens with one attached hydrogen (secondary N) is 1. The van der Waals surface area contributed by atoms with Gasteiger partial charge in [0.25, 0.3) is 0 Å². The third-order valence-electron chi connectivity index (χ3n) is 3.56. The lowest BCUT2D eigenvalue weighted by Crippen LogP contribution is -2.24. The Hall–Kier alpha value is -0.980. The summed E-state index contributed by atoms with van der Waals surface area (Å²) in [5.74, 6) is 1.12. The first-order valence-electron chi connectivity index (χ1n) is 6.56. The van der Waals surface area contributed by atoms with Crippen molar-refractivity contribution in [1.82, 2.24) is 5.32 Å². The molecule has 0 fully saturated rings. The van der Waals surface area contributed by atoms with E-state index >= 15 is 0 Å². The first kappa shape index (κ1) is 14.1. The van der Waals surface area contributed by atoms with E-state index in [-0.39, 0.29) is 0 Å². The molecule has 1 atom stereocenters. The fourth-order valence-electron chi connectivity index (χ4n) is 1.94. The second-order valence-corrected chi connectivity index (χ2v) is 6.48. The number of hydrogen-bond acceptors (Lipinski definition) is 1. The van der Waals surface area contributed by atoms with Crippen molar-refractivity contribution in [3.8, 4) is 0 Å². The second-order valence-electron chi connectivity index (χ2n) is 6.48. The predicted octanol–water partition coefficient (Wildman–Crippen LogP) is 4.64. The molecular weight excluding hydrogens is 206 g/mol. The monoisotopic (exact) mass is 233 g/mol. The van der Waals surface area contributed by atoms with Crippen LogP contribution in [0, 0.1) is 17.3 Å². The van der Waals surface area contributed by atoms with Gasteiger partial charge in [-0.2, -0.15) is 0 Å². The highest BCUT2D eigenvalue weighted by molar-refractivity contribution is 5.34. The molecule has 0 aromatic heterocycles. The molecule has 0 amide bonds. The highest BCUT2D eigenvalue weighted by Crippen LogP contribution is 2.35. The van der Waals surface area contributed by atoms with Crippen LogP contribution in [0.25, 0.3) is 0 Å². The molecule has 0 aromatic carbocycles. The lowest BCUT2D eigenvalue weighted by molar-refractivity contribution is 0.291. The van der Waals surface area contributed by atoms with Crippen molar-refractivity contribution in [3.05, 3.63) is 35.7 Å². The first-order valence-corrected chi connectivity index (χ1v) is 6.56. The SMILES string of the molecule is C=C(NC1=CCC(C(C)(C)C)C=C1C)C(C)C. The smallest absolute Gasteiger partial charge is 0.0368 e. The van der Waals surface area contributed by atoms with Gasteiger partial charge in [-0.1, -0.05) is 53.3 Å². The Morgan fingerprint density at radius 2 is 2.00 bits per heavy atom. The van der Waals surface area contributed by atoms with E-state index in [4.69, 9.17) is 0 Å². The van der Waals surface area contributed by atoms with Crippen molar-refractivity contribution in [3.63, 3.8) is 0 Å². The Bertz CT molecular complexity index is 350. The number of rotatable bonds is 3. The summed E-state index contributed by atoms with van der Waals surface area (Å²) >= 11 is 0. The van der Waals surface area contributed by atoms with E-state index in [1.807, 2.05) is 0 Å². The summed E-state index contributed by atoms with van der Waals surface area (Å²) < 4.78 is 0. The summed E-state index contributed by atoms with van der Waals surface area (Å²) in [6.07, 6.45) is 5.84. The Labute approximate surface area is 107 Å². The van der Waals surface area contributed by atoms with Crippen molar-refractivity contribution >= 4 is 0 Å². The predicted molar refractivity (Wildman–Crippen MR) is 76.5 cm³/mol. The van der Waals surface area contributed by atoms with Gasteiger partial charge < -0.3 is 5.32 Å². The Kier molecular flexibility index (Phi) is 4.24. The van der Waals surface area contributed by atoms with Gasteiger partial charge in [-0.15, -0.1) is 0 Å². The van der Waals surface area contributed by atoms with Gasteiger partial charge in [0.15, 0.2) is 0 Å². The second kappa shape index (κ2) is 5.12. The zero-order valence-corrected chi connectivity index (χ0v) is 12.2. The van der Waals surface area contributed by atoms with Crippen LogP contribution in [0.4, 0.5) is 0 Å². The van der Waals surface area contributed by atoms with Gasteiger partial charge in [-0.05, 0) is 36.2 Å². The molecule has 0 spiro atoms. The topological polar surface area (TPSA) is 12.0 Å². The van der Waals surface area contributed by atoms with Crippen LogP contribution >= 0.6 is 0 Å². The van der Waals surface area contributed by atoms with Gasteiger partial charge in [0.2, 0.25) is 0 Å². The van der Waals surface area contributed by atoms with E-state index in [0.717, 1.165) is 12.1 Å². The van der Waals surface area contributed by atoms with Gasteiger partial charge >= 0.3 is 0 Å². The van der Waals surface area contributed by atoms with Crippen LogP contribution in [0.5, 0.6) is 0 Å². The van der Waals surface area contributed by atoms with Crippen LogP contribution in [0.2, 0.25) is 0 Å². The molecule has 96 valence electrons. The number of allylic oxidation sites excluding steroid dienone is 4. The molecule has 17 heavy (non-hydrogen) atoms. The molecular formula is C16H27N.